The zero-order chi connectivity index (χ0) is 16.7. The van der Waals surface area contributed by atoms with Gasteiger partial charge in [-0.05, 0) is 24.4 Å². The minimum Gasteiger partial charge on any atom is -0.451 e. The molecule has 0 aromatic carbocycles. The first kappa shape index (κ1) is 15.0. The van der Waals surface area contributed by atoms with Crippen molar-refractivity contribution in [3.8, 4) is 11.4 Å². The largest absolute Gasteiger partial charge is 0.451 e. The Morgan fingerprint density at radius 2 is 2.33 bits per heavy atom. The van der Waals surface area contributed by atoms with Crippen LogP contribution in [0.2, 0.25) is 0 Å². The first-order valence-electron chi connectivity index (χ1n) is 7.07. The van der Waals surface area contributed by atoms with Crippen molar-refractivity contribution in [3.05, 3.63) is 39.4 Å². The lowest BCUT2D eigenvalue weighted by Crippen LogP contribution is -2.03. The minimum absolute atomic E-state index is 0.0541. The summed E-state index contributed by atoms with van der Waals surface area (Å²) in [5.41, 5.74) is 1.77. The minimum atomic E-state index is -0.411. The van der Waals surface area contributed by atoms with Crippen LogP contribution < -0.4 is 0 Å². The van der Waals surface area contributed by atoms with Gasteiger partial charge in [0.2, 0.25) is 5.82 Å². The van der Waals surface area contributed by atoms with E-state index >= 15 is 0 Å². The Morgan fingerprint density at radius 1 is 1.46 bits per heavy atom. The molecule has 0 aliphatic heterocycles. The molecule has 0 atom stereocenters. The van der Waals surface area contributed by atoms with Crippen LogP contribution >= 0.6 is 22.7 Å². The monoisotopic (exact) mass is 360 g/mol. The molecule has 0 aliphatic carbocycles. The van der Waals surface area contributed by atoms with E-state index in [-0.39, 0.29) is 12.5 Å². The van der Waals surface area contributed by atoms with E-state index in [2.05, 4.69) is 15.2 Å². The molecular weight excluding hydrogens is 348 g/mol. The molecule has 0 bridgehead atoms. The van der Waals surface area contributed by atoms with Crippen molar-refractivity contribution in [1.29, 1.82) is 0 Å². The van der Waals surface area contributed by atoms with Gasteiger partial charge in [0.1, 0.15) is 9.71 Å². The number of rotatable bonds is 4. The van der Waals surface area contributed by atoms with Crippen molar-refractivity contribution in [2.24, 2.45) is 7.05 Å². The van der Waals surface area contributed by atoms with Gasteiger partial charge in [0.05, 0.1) is 5.69 Å². The summed E-state index contributed by atoms with van der Waals surface area (Å²) in [6.07, 6.45) is 0. The fraction of sp³-hybridized carbons (Fsp3) is 0.200. The molecular formula is C15H12N4O3S2. The quantitative estimate of drug-likeness (QED) is 0.519. The van der Waals surface area contributed by atoms with Crippen LogP contribution in [0.25, 0.3) is 21.6 Å². The molecule has 0 unspecified atom stereocenters. The van der Waals surface area contributed by atoms with E-state index in [1.165, 1.54) is 11.3 Å². The lowest BCUT2D eigenvalue weighted by Gasteiger charge is -1.98. The SMILES string of the molecule is Cc1nn(C)c2sc(C(=O)OCc3nc(-c4ccsc4)no3)cc12. The summed E-state index contributed by atoms with van der Waals surface area (Å²) >= 11 is 2.90. The Hall–Kier alpha value is -2.52. The first-order chi connectivity index (χ1) is 11.6. The lowest BCUT2D eigenvalue weighted by molar-refractivity contribution is 0.0435. The highest BCUT2D eigenvalue weighted by Crippen LogP contribution is 2.28. The van der Waals surface area contributed by atoms with Gasteiger partial charge in [0.25, 0.3) is 5.89 Å². The Bertz CT molecular complexity index is 979. The molecule has 7 nitrogen and oxygen atoms in total. The Morgan fingerprint density at radius 3 is 3.08 bits per heavy atom. The molecule has 9 heteroatoms. The smallest absolute Gasteiger partial charge is 0.348 e. The number of hydrogen-bond acceptors (Lipinski definition) is 8. The maximum Gasteiger partial charge on any atom is 0.348 e. The molecule has 4 aromatic rings. The van der Waals surface area contributed by atoms with Crippen molar-refractivity contribution >= 4 is 38.9 Å². The van der Waals surface area contributed by atoms with Crippen molar-refractivity contribution in [2.75, 3.05) is 0 Å². The van der Waals surface area contributed by atoms with Gasteiger partial charge < -0.3 is 9.26 Å². The van der Waals surface area contributed by atoms with Crippen molar-refractivity contribution < 1.29 is 14.1 Å². The van der Waals surface area contributed by atoms with Crippen LogP contribution in [-0.2, 0) is 18.4 Å². The second-order valence-corrected chi connectivity index (χ2v) is 6.95. The summed E-state index contributed by atoms with van der Waals surface area (Å²) in [7, 11) is 1.85. The maximum atomic E-state index is 12.2. The number of hydrogen-bond donors (Lipinski definition) is 0. The van der Waals surface area contributed by atoms with Crippen LogP contribution in [-0.4, -0.2) is 25.9 Å². The lowest BCUT2D eigenvalue weighted by atomic mass is 10.3. The van der Waals surface area contributed by atoms with Crippen LogP contribution in [0.15, 0.2) is 27.4 Å². The molecule has 24 heavy (non-hydrogen) atoms. The second-order valence-electron chi connectivity index (χ2n) is 5.14. The third-order valence-corrected chi connectivity index (χ3v) is 5.34. The predicted octanol–water partition coefficient (Wildman–Crippen LogP) is 3.41. The van der Waals surface area contributed by atoms with Gasteiger partial charge in [0, 0.05) is 23.4 Å². The number of thiophene rings is 2. The van der Waals surface area contributed by atoms with Gasteiger partial charge >= 0.3 is 5.97 Å². The summed E-state index contributed by atoms with van der Waals surface area (Å²) in [6, 6.07) is 3.70. The first-order valence-corrected chi connectivity index (χ1v) is 8.83. The zero-order valence-electron chi connectivity index (χ0n) is 12.8. The topological polar surface area (TPSA) is 83.0 Å². The van der Waals surface area contributed by atoms with Gasteiger partial charge in [0.15, 0.2) is 6.61 Å². The van der Waals surface area contributed by atoms with Crippen LogP contribution in [0.1, 0.15) is 21.3 Å². The molecule has 0 fully saturated rings. The molecule has 0 saturated carbocycles. The Balaban J connectivity index is 1.47. The van der Waals surface area contributed by atoms with Crippen LogP contribution in [0, 0.1) is 6.92 Å². The number of fused-ring (bicyclic) bond motifs is 1. The van der Waals surface area contributed by atoms with Crippen LogP contribution in [0.5, 0.6) is 0 Å². The van der Waals surface area contributed by atoms with Crippen molar-refractivity contribution in [1.82, 2.24) is 19.9 Å². The summed E-state index contributed by atoms with van der Waals surface area (Å²) in [5, 5.41) is 13.0. The van der Waals surface area contributed by atoms with Crippen LogP contribution in [0.4, 0.5) is 0 Å². The Kier molecular flexibility index (Phi) is 3.66. The van der Waals surface area contributed by atoms with E-state index in [4.69, 9.17) is 9.26 Å². The highest BCUT2D eigenvalue weighted by atomic mass is 32.1. The third-order valence-electron chi connectivity index (χ3n) is 3.47. The molecule has 0 N–H and O–H groups in total. The zero-order valence-corrected chi connectivity index (χ0v) is 14.5. The van der Waals surface area contributed by atoms with E-state index in [9.17, 15) is 4.79 Å². The van der Waals surface area contributed by atoms with Gasteiger partial charge in [-0.1, -0.05) is 5.16 Å². The molecule has 0 spiro atoms. The maximum absolute atomic E-state index is 12.2. The third kappa shape index (κ3) is 2.61. The molecule has 0 radical (unpaired) electrons. The van der Waals surface area contributed by atoms with Gasteiger partial charge in [-0.3, -0.25) is 4.68 Å². The fourth-order valence-electron chi connectivity index (χ4n) is 2.33. The summed E-state index contributed by atoms with van der Waals surface area (Å²) < 4.78 is 12.1. The average molecular weight is 360 g/mol. The standard InChI is InChI=1S/C15H12N4O3S2/c1-8-10-5-11(24-14(10)19(2)17-8)15(20)21-6-12-16-13(18-22-12)9-3-4-23-7-9/h3-5,7H,6H2,1-2H3. The van der Waals surface area contributed by atoms with E-state index < -0.39 is 5.97 Å². The Labute approximate surface area is 144 Å². The number of aromatic nitrogens is 4. The predicted molar refractivity (Wildman–Crippen MR) is 90.1 cm³/mol. The number of carbonyl (C=O) groups is 1. The van der Waals surface area contributed by atoms with Crippen LogP contribution in [0.3, 0.4) is 0 Å². The molecule has 0 aliphatic rings. The van der Waals surface area contributed by atoms with Crippen molar-refractivity contribution in [2.45, 2.75) is 13.5 Å². The molecule has 0 amide bonds. The highest BCUT2D eigenvalue weighted by Gasteiger charge is 2.17. The summed E-state index contributed by atoms with van der Waals surface area (Å²) in [4.78, 5) is 17.9. The number of esters is 1. The molecule has 4 rings (SSSR count). The number of aryl methyl sites for hydroxylation is 2. The van der Waals surface area contributed by atoms with E-state index in [0.29, 0.717) is 10.7 Å². The molecule has 122 valence electrons. The van der Waals surface area contributed by atoms with Gasteiger partial charge in [-0.2, -0.15) is 21.4 Å². The number of ether oxygens (including phenoxy) is 1. The highest BCUT2D eigenvalue weighted by molar-refractivity contribution is 7.20. The normalized spacial score (nSPS) is 11.2. The van der Waals surface area contributed by atoms with Crippen molar-refractivity contribution in [3.63, 3.8) is 0 Å². The average Bonchev–Trinajstić information content (AvgIpc) is 3.33. The van der Waals surface area contributed by atoms with Gasteiger partial charge in [-0.15, -0.1) is 11.3 Å². The van der Waals surface area contributed by atoms with E-state index in [1.807, 2.05) is 30.8 Å². The van der Waals surface area contributed by atoms with E-state index in [1.54, 1.807) is 22.1 Å². The molecule has 4 heterocycles. The summed E-state index contributed by atoms with van der Waals surface area (Å²) in [6.45, 7) is 1.86. The number of nitrogens with zero attached hydrogens (tertiary/aromatic N) is 4. The molecule has 0 saturated heterocycles. The summed E-state index contributed by atoms with van der Waals surface area (Å²) in [5.74, 6) is 0.347. The molecule has 4 aromatic heterocycles. The second kappa shape index (κ2) is 5.84. The van der Waals surface area contributed by atoms with E-state index in [0.717, 1.165) is 21.5 Å². The fourth-order valence-corrected chi connectivity index (χ4v) is 3.98. The number of carbonyl (C=O) groups excluding carboxylic acids is 1. The van der Waals surface area contributed by atoms with Gasteiger partial charge in [-0.25, -0.2) is 4.79 Å².